The maximum Gasteiger partial charge on any atom is 0.338 e. The van der Waals surface area contributed by atoms with Gasteiger partial charge in [-0.2, -0.15) is 5.10 Å². The molecule has 0 radical (unpaired) electrons. The van der Waals surface area contributed by atoms with Crippen LogP contribution in [0.1, 0.15) is 27.8 Å². The van der Waals surface area contributed by atoms with Crippen molar-refractivity contribution in [3.8, 4) is 0 Å². The summed E-state index contributed by atoms with van der Waals surface area (Å²) in [6.45, 7) is 2.06. The molecule has 2 rings (SSSR count). The van der Waals surface area contributed by atoms with Crippen LogP contribution in [-0.2, 0) is 11.8 Å². The molecule has 0 aliphatic rings. The van der Waals surface area contributed by atoms with Crippen LogP contribution in [0.2, 0.25) is 0 Å². The molecule has 110 valence electrons. The predicted molar refractivity (Wildman–Crippen MR) is 78.0 cm³/mol. The fourth-order valence-corrected chi connectivity index (χ4v) is 1.78. The first-order chi connectivity index (χ1) is 10.0. The van der Waals surface area contributed by atoms with Gasteiger partial charge in [-0.3, -0.25) is 9.48 Å². The fourth-order valence-electron chi connectivity index (χ4n) is 1.78. The summed E-state index contributed by atoms with van der Waals surface area (Å²) < 4.78 is 6.35. The minimum Gasteiger partial charge on any atom is -0.462 e. The van der Waals surface area contributed by atoms with Crippen molar-refractivity contribution in [3.05, 3.63) is 41.7 Å². The average Bonchev–Trinajstić information content (AvgIpc) is 2.79. The lowest BCUT2D eigenvalue weighted by molar-refractivity contribution is 0.0526. The Morgan fingerprint density at radius 3 is 2.52 bits per heavy atom. The molecule has 0 saturated heterocycles. The lowest BCUT2D eigenvalue weighted by Gasteiger charge is -2.05. The van der Waals surface area contributed by atoms with Crippen molar-refractivity contribution in [1.29, 1.82) is 0 Å². The Balaban J connectivity index is 2.08. The van der Waals surface area contributed by atoms with Gasteiger partial charge in [0.05, 0.1) is 17.9 Å². The van der Waals surface area contributed by atoms with Gasteiger partial charge in [0.1, 0.15) is 0 Å². The first-order valence-electron chi connectivity index (χ1n) is 6.39. The number of rotatable bonds is 4. The standard InChI is InChI=1S/C14H16N4O3/c1-3-21-14(20)9-4-6-10(7-5-9)16-13(19)12-11(15)8-18(2)17-12/h4-8H,3,15H2,1-2H3,(H,16,19). The van der Waals surface area contributed by atoms with E-state index in [4.69, 9.17) is 10.5 Å². The molecular weight excluding hydrogens is 272 g/mol. The molecule has 7 heteroatoms. The molecule has 1 heterocycles. The molecule has 1 aromatic carbocycles. The Kier molecular flexibility index (Phi) is 4.22. The molecule has 1 aromatic heterocycles. The third-order valence-electron chi connectivity index (χ3n) is 2.73. The molecular formula is C14H16N4O3. The van der Waals surface area contributed by atoms with E-state index < -0.39 is 11.9 Å². The van der Waals surface area contributed by atoms with Gasteiger partial charge in [0.15, 0.2) is 5.69 Å². The monoisotopic (exact) mass is 288 g/mol. The summed E-state index contributed by atoms with van der Waals surface area (Å²) in [5.41, 5.74) is 7.11. The van der Waals surface area contributed by atoms with Gasteiger partial charge < -0.3 is 15.8 Å². The summed E-state index contributed by atoms with van der Waals surface area (Å²) >= 11 is 0. The van der Waals surface area contributed by atoms with E-state index >= 15 is 0 Å². The number of carbonyl (C=O) groups is 2. The highest BCUT2D eigenvalue weighted by molar-refractivity contribution is 6.06. The lowest BCUT2D eigenvalue weighted by Crippen LogP contribution is -2.14. The molecule has 0 fully saturated rings. The van der Waals surface area contributed by atoms with E-state index in [-0.39, 0.29) is 5.69 Å². The van der Waals surface area contributed by atoms with Crippen LogP contribution >= 0.6 is 0 Å². The van der Waals surface area contributed by atoms with Gasteiger partial charge in [-0.1, -0.05) is 0 Å². The SMILES string of the molecule is CCOC(=O)c1ccc(NC(=O)c2nn(C)cc2N)cc1. The number of carbonyl (C=O) groups excluding carboxylic acids is 2. The molecule has 7 nitrogen and oxygen atoms in total. The normalized spacial score (nSPS) is 10.2. The second kappa shape index (κ2) is 6.08. The molecule has 0 unspecified atom stereocenters. The topological polar surface area (TPSA) is 99.2 Å². The Morgan fingerprint density at radius 2 is 2.00 bits per heavy atom. The molecule has 21 heavy (non-hydrogen) atoms. The predicted octanol–water partition coefficient (Wildman–Crippen LogP) is 1.43. The van der Waals surface area contributed by atoms with Gasteiger partial charge in [0.2, 0.25) is 0 Å². The van der Waals surface area contributed by atoms with Crippen molar-refractivity contribution in [2.24, 2.45) is 7.05 Å². The largest absolute Gasteiger partial charge is 0.462 e. The average molecular weight is 288 g/mol. The highest BCUT2D eigenvalue weighted by Gasteiger charge is 2.14. The highest BCUT2D eigenvalue weighted by atomic mass is 16.5. The summed E-state index contributed by atoms with van der Waals surface area (Å²) in [6, 6.07) is 6.39. The number of esters is 1. The lowest BCUT2D eigenvalue weighted by atomic mass is 10.2. The highest BCUT2D eigenvalue weighted by Crippen LogP contribution is 2.14. The zero-order valence-corrected chi connectivity index (χ0v) is 11.8. The van der Waals surface area contributed by atoms with Crippen LogP contribution in [0.4, 0.5) is 11.4 Å². The van der Waals surface area contributed by atoms with E-state index in [2.05, 4.69) is 10.4 Å². The van der Waals surface area contributed by atoms with Crippen molar-refractivity contribution in [1.82, 2.24) is 9.78 Å². The van der Waals surface area contributed by atoms with Crippen LogP contribution in [-0.4, -0.2) is 28.3 Å². The van der Waals surface area contributed by atoms with Gasteiger partial charge in [0, 0.05) is 18.9 Å². The minimum absolute atomic E-state index is 0.159. The summed E-state index contributed by atoms with van der Waals surface area (Å²) in [7, 11) is 1.68. The minimum atomic E-state index is -0.406. The van der Waals surface area contributed by atoms with Crippen LogP contribution in [0.3, 0.4) is 0 Å². The number of benzene rings is 1. The van der Waals surface area contributed by atoms with Gasteiger partial charge in [-0.25, -0.2) is 4.79 Å². The van der Waals surface area contributed by atoms with E-state index in [1.165, 1.54) is 4.68 Å². The number of hydrogen-bond acceptors (Lipinski definition) is 5. The number of nitrogens with one attached hydrogen (secondary N) is 1. The first-order valence-corrected chi connectivity index (χ1v) is 6.39. The summed E-state index contributed by atoms with van der Waals surface area (Å²) in [4.78, 5) is 23.5. The van der Waals surface area contributed by atoms with Crippen LogP contribution in [0, 0.1) is 0 Å². The van der Waals surface area contributed by atoms with Gasteiger partial charge >= 0.3 is 5.97 Å². The van der Waals surface area contributed by atoms with E-state index in [0.29, 0.717) is 23.5 Å². The smallest absolute Gasteiger partial charge is 0.338 e. The van der Waals surface area contributed by atoms with Gasteiger partial charge in [-0.05, 0) is 31.2 Å². The molecule has 3 N–H and O–H groups in total. The van der Waals surface area contributed by atoms with Crippen molar-refractivity contribution in [2.45, 2.75) is 6.92 Å². The number of nitrogen functional groups attached to an aromatic ring is 1. The molecule has 2 aromatic rings. The number of anilines is 2. The van der Waals surface area contributed by atoms with Crippen molar-refractivity contribution < 1.29 is 14.3 Å². The van der Waals surface area contributed by atoms with Crippen LogP contribution in [0.25, 0.3) is 0 Å². The molecule has 1 amide bonds. The van der Waals surface area contributed by atoms with E-state index in [1.54, 1.807) is 44.4 Å². The molecule has 0 spiro atoms. The second-order valence-electron chi connectivity index (χ2n) is 4.36. The molecule has 0 bridgehead atoms. The quantitative estimate of drug-likeness (QED) is 0.829. The summed E-state index contributed by atoms with van der Waals surface area (Å²) in [6.07, 6.45) is 1.55. The van der Waals surface area contributed by atoms with Crippen molar-refractivity contribution >= 4 is 23.3 Å². The Morgan fingerprint density at radius 1 is 1.33 bits per heavy atom. The first kappa shape index (κ1) is 14.6. The number of amides is 1. The molecule has 0 aliphatic carbocycles. The molecule has 0 aliphatic heterocycles. The van der Waals surface area contributed by atoms with Crippen LogP contribution in [0.5, 0.6) is 0 Å². The van der Waals surface area contributed by atoms with Crippen LogP contribution < -0.4 is 11.1 Å². The maximum absolute atomic E-state index is 12.0. The number of aryl methyl sites for hydroxylation is 1. The number of ether oxygens (including phenoxy) is 1. The third kappa shape index (κ3) is 3.38. The molecule has 0 atom stereocenters. The van der Waals surface area contributed by atoms with Crippen molar-refractivity contribution in [2.75, 3.05) is 17.7 Å². The summed E-state index contributed by atoms with van der Waals surface area (Å²) in [5.74, 6) is -0.804. The number of hydrogen-bond donors (Lipinski definition) is 2. The fraction of sp³-hybridized carbons (Fsp3) is 0.214. The molecule has 0 saturated carbocycles. The number of nitrogens with zero attached hydrogens (tertiary/aromatic N) is 2. The van der Waals surface area contributed by atoms with E-state index in [0.717, 1.165) is 0 Å². The second-order valence-corrected chi connectivity index (χ2v) is 4.36. The number of nitrogens with two attached hydrogens (primary N) is 1. The zero-order chi connectivity index (χ0) is 15.4. The van der Waals surface area contributed by atoms with Crippen molar-refractivity contribution in [3.63, 3.8) is 0 Å². The van der Waals surface area contributed by atoms with E-state index in [1.807, 2.05) is 0 Å². The van der Waals surface area contributed by atoms with Gasteiger partial charge in [0.25, 0.3) is 5.91 Å². The Hall–Kier alpha value is -2.83. The van der Waals surface area contributed by atoms with Gasteiger partial charge in [-0.15, -0.1) is 0 Å². The third-order valence-corrected chi connectivity index (χ3v) is 2.73. The zero-order valence-electron chi connectivity index (χ0n) is 11.8. The summed E-state index contributed by atoms with van der Waals surface area (Å²) in [5, 5.41) is 6.65. The maximum atomic E-state index is 12.0. The Bertz CT molecular complexity index is 661. The van der Waals surface area contributed by atoms with E-state index in [9.17, 15) is 9.59 Å². The Labute approximate surface area is 121 Å². The van der Waals surface area contributed by atoms with Crippen LogP contribution in [0.15, 0.2) is 30.5 Å². The number of aromatic nitrogens is 2.